The van der Waals surface area contributed by atoms with Gasteiger partial charge >= 0.3 is 5.97 Å². The molecule has 1 aromatic rings. The Morgan fingerprint density at radius 3 is 2.47 bits per heavy atom. The van der Waals surface area contributed by atoms with Crippen molar-refractivity contribution in [2.45, 2.75) is 17.9 Å². The Bertz CT molecular complexity index is 541. The second kappa shape index (κ2) is 4.70. The van der Waals surface area contributed by atoms with Crippen molar-refractivity contribution in [2.75, 3.05) is 11.6 Å². The van der Waals surface area contributed by atoms with Gasteiger partial charge in [0.15, 0.2) is 9.84 Å². The van der Waals surface area contributed by atoms with Crippen molar-refractivity contribution in [2.24, 2.45) is 0 Å². The fourth-order valence-corrected chi connectivity index (χ4v) is 1.77. The molecule has 0 saturated heterocycles. The molecule has 0 amide bonds. The normalized spacial score (nSPS) is 13.1. The summed E-state index contributed by atoms with van der Waals surface area (Å²) in [5, 5.41) is 11.1. The average molecular weight is 261 g/mol. The summed E-state index contributed by atoms with van der Waals surface area (Å²) in [6.07, 6.45) is 0.967. The molecule has 0 saturated carbocycles. The maximum atomic E-state index is 13.5. The van der Waals surface area contributed by atoms with E-state index in [9.17, 15) is 17.6 Å². The Hall–Kier alpha value is -1.63. The van der Waals surface area contributed by atoms with Gasteiger partial charge in [-0.3, -0.25) is 4.79 Å². The number of rotatable bonds is 4. The topological polar surface area (TPSA) is 83.5 Å². The van der Waals surface area contributed by atoms with Crippen LogP contribution in [0.15, 0.2) is 23.1 Å². The SMILES string of the molecule is C[C@@H](Nc1ccc(S(C)(=O)=O)cc1F)C(=O)O. The first-order chi connectivity index (χ1) is 7.71. The third-order valence-corrected chi connectivity index (χ3v) is 3.22. The first kappa shape index (κ1) is 13.4. The van der Waals surface area contributed by atoms with Gasteiger partial charge in [0.2, 0.25) is 0 Å². The number of halogens is 1. The van der Waals surface area contributed by atoms with Gasteiger partial charge in [-0.05, 0) is 25.1 Å². The van der Waals surface area contributed by atoms with Crippen LogP contribution in [0.4, 0.5) is 10.1 Å². The third kappa shape index (κ3) is 3.42. The van der Waals surface area contributed by atoms with E-state index in [0.717, 1.165) is 12.3 Å². The van der Waals surface area contributed by atoms with Crippen LogP contribution in [0, 0.1) is 5.82 Å². The summed E-state index contributed by atoms with van der Waals surface area (Å²) in [6.45, 7) is 1.35. The molecule has 0 fully saturated rings. The highest BCUT2D eigenvalue weighted by Gasteiger charge is 2.15. The van der Waals surface area contributed by atoms with E-state index in [1.807, 2.05) is 0 Å². The zero-order chi connectivity index (χ0) is 13.2. The minimum Gasteiger partial charge on any atom is -0.480 e. The first-order valence-corrected chi connectivity index (χ1v) is 6.60. The molecule has 0 radical (unpaired) electrons. The lowest BCUT2D eigenvalue weighted by Crippen LogP contribution is -2.25. The Labute approximate surface area is 98.2 Å². The molecule has 17 heavy (non-hydrogen) atoms. The Morgan fingerprint density at radius 1 is 1.47 bits per heavy atom. The standard InChI is InChI=1S/C10H12FNO4S/c1-6(10(13)14)12-9-4-3-7(5-8(9)11)17(2,15)16/h3-6,12H,1-2H3,(H,13,14)/t6-/m1/s1. The van der Waals surface area contributed by atoms with Crippen molar-refractivity contribution in [1.29, 1.82) is 0 Å². The number of benzene rings is 1. The highest BCUT2D eigenvalue weighted by molar-refractivity contribution is 7.90. The van der Waals surface area contributed by atoms with Gasteiger partial charge in [-0.15, -0.1) is 0 Å². The van der Waals surface area contributed by atoms with Gasteiger partial charge in [0, 0.05) is 6.26 Å². The van der Waals surface area contributed by atoms with E-state index in [4.69, 9.17) is 5.11 Å². The maximum absolute atomic E-state index is 13.5. The molecule has 0 bridgehead atoms. The number of nitrogens with one attached hydrogen (secondary N) is 1. The third-order valence-electron chi connectivity index (χ3n) is 2.11. The van der Waals surface area contributed by atoms with Crippen molar-refractivity contribution in [3.63, 3.8) is 0 Å². The fourth-order valence-electron chi connectivity index (χ4n) is 1.14. The van der Waals surface area contributed by atoms with E-state index in [1.54, 1.807) is 0 Å². The Morgan fingerprint density at radius 2 is 2.06 bits per heavy atom. The molecule has 0 heterocycles. The van der Waals surface area contributed by atoms with Gasteiger partial charge < -0.3 is 10.4 Å². The van der Waals surface area contributed by atoms with Crippen molar-refractivity contribution < 1.29 is 22.7 Å². The number of carboxylic acids is 1. The van der Waals surface area contributed by atoms with Gasteiger partial charge in [0.25, 0.3) is 0 Å². The van der Waals surface area contributed by atoms with Crippen LogP contribution >= 0.6 is 0 Å². The van der Waals surface area contributed by atoms with E-state index in [-0.39, 0.29) is 10.6 Å². The zero-order valence-electron chi connectivity index (χ0n) is 9.27. The minimum absolute atomic E-state index is 0.0488. The Kier molecular flexibility index (Phi) is 3.72. The highest BCUT2D eigenvalue weighted by Crippen LogP contribution is 2.19. The molecule has 1 aromatic carbocycles. The summed E-state index contributed by atoms with van der Waals surface area (Å²) in [5.74, 6) is -1.93. The Balaban J connectivity index is 3.03. The van der Waals surface area contributed by atoms with E-state index in [0.29, 0.717) is 0 Å². The molecule has 0 aromatic heterocycles. The van der Waals surface area contributed by atoms with Crippen LogP contribution in [0.1, 0.15) is 6.92 Å². The van der Waals surface area contributed by atoms with Gasteiger partial charge in [-0.1, -0.05) is 0 Å². The number of carbonyl (C=O) groups is 1. The maximum Gasteiger partial charge on any atom is 0.325 e. The minimum atomic E-state index is -3.47. The van der Waals surface area contributed by atoms with Crippen LogP contribution in [-0.4, -0.2) is 31.8 Å². The number of carboxylic acid groups (broad SMARTS) is 1. The number of aliphatic carboxylic acids is 1. The van der Waals surface area contributed by atoms with Crippen LogP contribution in [0.3, 0.4) is 0 Å². The van der Waals surface area contributed by atoms with Crippen LogP contribution in [-0.2, 0) is 14.6 Å². The molecule has 0 aliphatic carbocycles. The van der Waals surface area contributed by atoms with Crippen LogP contribution in [0.2, 0.25) is 0 Å². The molecule has 0 unspecified atom stereocenters. The molecule has 1 rings (SSSR count). The smallest absolute Gasteiger partial charge is 0.325 e. The van der Waals surface area contributed by atoms with Crippen LogP contribution in [0.5, 0.6) is 0 Å². The summed E-state index contributed by atoms with van der Waals surface area (Å²) in [4.78, 5) is 10.4. The van der Waals surface area contributed by atoms with Crippen molar-refractivity contribution in [1.82, 2.24) is 0 Å². The molecule has 1 atom stereocenters. The van der Waals surface area contributed by atoms with Crippen molar-refractivity contribution in [3.05, 3.63) is 24.0 Å². The second-order valence-electron chi connectivity index (χ2n) is 3.62. The second-order valence-corrected chi connectivity index (χ2v) is 5.63. The molecular weight excluding hydrogens is 249 g/mol. The quantitative estimate of drug-likeness (QED) is 0.848. The molecule has 94 valence electrons. The lowest BCUT2D eigenvalue weighted by atomic mass is 10.2. The summed E-state index contributed by atoms with van der Waals surface area (Å²) < 4.78 is 35.8. The largest absolute Gasteiger partial charge is 0.480 e. The highest BCUT2D eigenvalue weighted by atomic mass is 32.2. The molecular formula is C10H12FNO4S. The molecule has 2 N–H and O–H groups in total. The van der Waals surface area contributed by atoms with Gasteiger partial charge in [-0.25, -0.2) is 12.8 Å². The molecule has 0 spiro atoms. The van der Waals surface area contributed by atoms with E-state index in [1.165, 1.54) is 19.1 Å². The molecule has 7 heteroatoms. The first-order valence-electron chi connectivity index (χ1n) is 4.71. The zero-order valence-corrected chi connectivity index (χ0v) is 10.1. The molecule has 5 nitrogen and oxygen atoms in total. The number of sulfone groups is 1. The monoisotopic (exact) mass is 261 g/mol. The lowest BCUT2D eigenvalue weighted by molar-refractivity contribution is -0.137. The molecule has 0 aliphatic heterocycles. The summed E-state index contributed by atoms with van der Waals surface area (Å²) >= 11 is 0. The van der Waals surface area contributed by atoms with Crippen molar-refractivity contribution >= 4 is 21.5 Å². The van der Waals surface area contributed by atoms with E-state index >= 15 is 0 Å². The summed E-state index contributed by atoms with van der Waals surface area (Å²) in [6, 6.07) is 2.31. The summed E-state index contributed by atoms with van der Waals surface area (Å²) in [7, 11) is -3.47. The number of hydrogen-bond acceptors (Lipinski definition) is 4. The number of anilines is 1. The van der Waals surface area contributed by atoms with E-state index < -0.39 is 27.7 Å². The fraction of sp³-hybridized carbons (Fsp3) is 0.300. The van der Waals surface area contributed by atoms with Crippen molar-refractivity contribution in [3.8, 4) is 0 Å². The predicted octanol–water partition coefficient (Wildman–Crippen LogP) is 1.11. The number of hydrogen-bond donors (Lipinski definition) is 2. The predicted molar refractivity (Wildman–Crippen MR) is 60.2 cm³/mol. The lowest BCUT2D eigenvalue weighted by Gasteiger charge is -2.12. The van der Waals surface area contributed by atoms with Gasteiger partial charge in [0.05, 0.1) is 10.6 Å². The van der Waals surface area contributed by atoms with E-state index in [2.05, 4.69) is 5.32 Å². The summed E-state index contributed by atoms with van der Waals surface area (Å²) in [5.41, 5.74) is -0.0488. The van der Waals surface area contributed by atoms with Crippen LogP contribution in [0.25, 0.3) is 0 Å². The average Bonchev–Trinajstić information content (AvgIpc) is 2.19. The van der Waals surface area contributed by atoms with Gasteiger partial charge in [-0.2, -0.15) is 0 Å². The van der Waals surface area contributed by atoms with Gasteiger partial charge in [0.1, 0.15) is 11.9 Å². The molecule has 0 aliphatic rings. The van der Waals surface area contributed by atoms with Crippen LogP contribution < -0.4 is 5.32 Å².